The first-order valence-corrected chi connectivity index (χ1v) is 14.7. The van der Waals surface area contributed by atoms with E-state index in [9.17, 15) is 9.59 Å². The number of nitrogens with one attached hydrogen (secondary N) is 3. The first-order valence-electron chi connectivity index (χ1n) is 14.7. The second-order valence-corrected chi connectivity index (χ2v) is 10.6. The zero-order valence-electron chi connectivity index (χ0n) is 25.0. The Kier molecular flexibility index (Phi) is 9.68. The van der Waals surface area contributed by atoms with Gasteiger partial charge in [0.05, 0.1) is 11.0 Å². The Morgan fingerprint density at radius 1 is 0.956 bits per heavy atom. The number of imidazole rings is 1. The Balaban J connectivity index is 1.49. The summed E-state index contributed by atoms with van der Waals surface area (Å²) in [6, 6.07) is 25.4. The number of rotatable bonds is 13. The minimum Gasteiger partial charge on any atom is -0.457 e. The molecule has 11 nitrogen and oxygen atoms in total. The van der Waals surface area contributed by atoms with E-state index in [0.29, 0.717) is 66.1 Å². The molecule has 0 saturated carbocycles. The van der Waals surface area contributed by atoms with Gasteiger partial charge in [-0.1, -0.05) is 36.4 Å². The highest BCUT2D eigenvalue weighted by Crippen LogP contribution is 2.34. The van der Waals surface area contributed by atoms with E-state index in [0.717, 1.165) is 17.0 Å². The van der Waals surface area contributed by atoms with Gasteiger partial charge in [0.25, 0.3) is 5.91 Å². The van der Waals surface area contributed by atoms with E-state index in [1.165, 1.54) is 0 Å². The van der Waals surface area contributed by atoms with Crippen LogP contribution < -0.4 is 26.8 Å². The SMILES string of the molecule is Cc1ccccc1Oc1cccc(-c2nc3cc(C(=O)NCCc4ccccn4)ccc3n2C(CCCNC(=N)N)C(N)=O)c1. The molecule has 0 aliphatic rings. The molecule has 1 unspecified atom stereocenters. The van der Waals surface area contributed by atoms with Crippen molar-refractivity contribution in [2.45, 2.75) is 32.2 Å². The number of nitrogens with zero attached hydrogens (tertiary/aromatic N) is 3. The summed E-state index contributed by atoms with van der Waals surface area (Å²) in [5.41, 5.74) is 15.6. The molecule has 0 fully saturated rings. The normalized spacial score (nSPS) is 11.6. The highest BCUT2D eigenvalue weighted by atomic mass is 16.5. The topological polar surface area (TPSA) is 174 Å². The van der Waals surface area contributed by atoms with Gasteiger partial charge < -0.3 is 31.4 Å². The van der Waals surface area contributed by atoms with Crippen LogP contribution in [0.2, 0.25) is 0 Å². The number of fused-ring (bicyclic) bond motifs is 1. The van der Waals surface area contributed by atoms with Crippen LogP contribution in [-0.2, 0) is 11.2 Å². The van der Waals surface area contributed by atoms with Gasteiger partial charge in [-0.25, -0.2) is 4.98 Å². The number of carbonyl (C=O) groups is 2. The van der Waals surface area contributed by atoms with Gasteiger partial charge in [-0.3, -0.25) is 20.0 Å². The molecule has 0 saturated heterocycles. The second kappa shape index (κ2) is 14.2. The number of nitrogens with two attached hydrogens (primary N) is 2. The Bertz CT molecular complexity index is 1820. The monoisotopic (exact) mass is 604 g/mol. The maximum atomic E-state index is 13.1. The molecule has 0 spiro atoms. The van der Waals surface area contributed by atoms with Gasteiger partial charge in [-0.2, -0.15) is 0 Å². The molecule has 7 N–H and O–H groups in total. The molecular weight excluding hydrogens is 568 g/mol. The molecule has 1 atom stereocenters. The van der Waals surface area contributed by atoms with Crippen molar-refractivity contribution in [3.8, 4) is 22.9 Å². The van der Waals surface area contributed by atoms with Crippen LogP contribution in [0.1, 0.15) is 40.5 Å². The number of aromatic nitrogens is 3. The molecule has 2 heterocycles. The second-order valence-electron chi connectivity index (χ2n) is 10.6. The summed E-state index contributed by atoms with van der Waals surface area (Å²) in [5.74, 6) is 0.942. The molecule has 0 aliphatic carbocycles. The van der Waals surface area contributed by atoms with Crippen LogP contribution in [0.15, 0.2) is 91.1 Å². The zero-order chi connectivity index (χ0) is 31.8. The minimum absolute atomic E-state index is 0.143. The predicted molar refractivity (Wildman–Crippen MR) is 174 cm³/mol. The van der Waals surface area contributed by atoms with Gasteiger partial charge in [-0.15, -0.1) is 0 Å². The van der Waals surface area contributed by atoms with Crippen LogP contribution in [0.5, 0.6) is 11.5 Å². The smallest absolute Gasteiger partial charge is 0.251 e. The molecule has 45 heavy (non-hydrogen) atoms. The average molecular weight is 605 g/mol. The van der Waals surface area contributed by atoms with Gasteiger partial charge >= 0.3 is 0 Å². The van der Waals surface area contributed by atoms with E-state index < -0.39 is 11.9 Å². The lowest BCUT2D eigenvalue weighted by molar-refractivity contribution is -0.121. The fourth-order valence-electron chi connectivity index (χ4n) is 5.12. The van der Waals surface area contributed by atoms with Crippen molar-refractivity contribution in [1.29, 1.82) is 5.41 Å². The summed E-state index contributed by atoms with van der Waals surface area (Å²) in [7, 11) is 0. The van der Waals surface area contributed by atoms with Crippen molar-refractivity contribution in [2.24, 2.45) is 11.5 Å². The van der Waals surface area contributed by atoms with Crippen LogP contribution in [0.25, 0.3) is 22.4 Å². The molecule has 3 aromatic carbocycles. The number of hydrogen-bond donors (Lipinski definition) is 5. The summed E-state index contributed by atoms with van der Waals surface area (Å²) in [6.07, 6.45) is 3.23. The predicted octanol–water partition coefficient (Wildman–Crippen LogP) is 4.46. The third-order valence-corrected chi connectivity index (χ3v) is 7.37. The number of ether oxygens (including phenoxy) is 1. The number of aryl methyl sites for hydroxylation is 1. The van der Waals surface area contributed by atoms with E-state index in [1.807, 2.05) is 78.2 Å². The molecule has 5 rings (SSSR count). The van der Waals surface area contributed by atoms with Gasteiger partial charge in [0.15, 0.2) is 5.96 Å². The number of hydrogen-bond acceptors (Lipinski definition) is 6. The maximum Gasteiger partial charge on any atom is 0.251 e. The zero-order valence-corrected chi connectivity index (χ0v) is 25.0. The van der Waals surface area contributed by atoms with Crippen molar-refractivity contribution in [3.63, 3.8) is 0 Å². The van der Waals surface area contributed by atoms with Gasteiger partial charge in [0, 0.05) is 42.5 Å². The van der Waals surface area contributed by atoms with E-state index >= 15 is 0 Å². The van der Waals surface area contributed by atoms with Crippen molar-refractivity contribution >= 4 is 28.8 Å². The van der Waals surface area contributed by atoms with E-state index in [1.54, 1.807) is 24.4 Å². The van der Waals surface area contributed by atoms with Crippen molar-refractivity contribution in [2.75, 3.05) is 13.1 Å². The summed E-state index contributed by atoms with van der Waals surface area (Å²) in [4.78, 5) is 35.2. The fourth-order valence-corrected chi connectivity index (χ4v) is 5.12. The van der Waals surface area contributed by atoms with Crippen molar-refractivity contribution in [3.05, 3.63) is 108 Å². The number of carbonyl (C=O) groups excluding carboxylic acids is 2. The Morgan fingerprint density at radius 2 is 1.78 bits per heavy atom. The Labute approximate surface area is 261 Å². The molecule has 230 valence electrons. The van der Waals surface area contributed by atoms with Crippen LogP contribution in [-0.4, -0.2) is 45.4 Å². The standard InChI is InChI=1S/C34H36N8O3/c1-22-8-2-3-13-30(22)45-26-11-6-9-23(20-26)32-41-27-21-24(33(44)39-19-16-25-10-4-5-17-38-25)14-15-28(27)42(32)29(31(35)43)12-7-18-40-34(36)37/h2-6,8-11,13-15,17,20-21,29H,7,12,16,18-19H2,1H3,(H2,35,43)(H,39,44)(H4,36,37,40). The molecule has 0 aliphatic heterocycles. The lowest BCUT2D eigenvalue weighted by Crippen LogP contribution is -2.32. The van der Waals surface area contributed by atoms with E-state index in [-0.39, 0.29) is 11.9 Å². The molecular formula is C34H36N8O3. The maximum absolute atomic E-state index is 13.1. The summed E-state index contributed by atoms with van der Waals surface area (Å²) >= 11 is 0. The molecule has 2 aromatic heterocycles. The lowest BCUT2D eigenvalue weighted by Gasteiger charge is -2.20. The highest BCUT2D eigenvalue weighted by Gasteiger charge is 2.25. The lowest BCUT2D eigenvalue weighted by atomic mass is 10.1. The summed E-state index contributed by atoms with van der Waals surface area (Å²) in [5, 5.41) is 13.1. The minimum atomic E-state index is -0.752. The summed E-state index contributed by atoms with van der Waals surface area (Å²) < 4.78 is 8.01. The number of primary amides is 1. The molecule has 5 aromatic rings. The first-order chi connectivity index (χ1) is 21.8. The number of guanidine groups is 1. The van der Waals surface area contributed by atoms with Crippen LogP contribution in [0.4, 0.5) is 0 Å². The van der Waals surface area contributed by atoms with E-state index in [4.69, 9.17) is 26.6 Å². The third kappa shape index (κ3) is 7.63. The first kappa shape index (κ1) is 30.7. The number of pyridine rings is 1. The Hall–Kier alpha value is -5.71. The largest absolute Gasteiger partial charge is 0.457 e. The van der Waals surface area contributed by atoms with Crippen LogP contribution in [0, 0.1) is 12.3 Å². The molecule has 0 bridgehead atoms. The summed E-state index contributed by atoms with van der Waals surface area (Å²) in [6.45, 7) is 2.81. The van der Waals surface area contributed by atoms with E-state index in [2.05, 4.69) is 15.6 Å². The number of para-hydroxylation sites is 1. The molecule has 2 amide bonds. The average Bonchev–Trinajstić information content (AvgIpc) is 3.41. The Morgan fingerprint density at radius 3 is 2.53 bits per heavy atom. The number of amides is 2. The molecule has 0 radical (unpaired) electrons. The third-order valence-electron chi connectivity index (χ3n) is 7.37. The van der Waals surface area contributed by atoms with Crippen LogP contribution in [0.3, 0.4) is 0 Å². The number of benzene rings is 3. The van der Waals surface area contributed by atoms with Gasteiger partial charge in [-0.05, 0) is 73.9 Å². The quantitative estimate of drug-likeness (QED) is 0.0749. The van der Waals surface area contributed by atoms with Crippen molar-refractivity contribution in [1.82, 2.24) is 25.2 Å². The van der Waals surface area contributed by atoms with Gasteiger partial charge in [0.2, 0.25) is 5.91 Å². The van der Waals surface area contributed by atoms with Crippen LogP contribution >= 0.6 is 0 Å². The molecule has 11 heteroatoms. The van der Waals surface area contributed by atoms with Crippen molar-refractivity contribution < 1.29 is 14.3 Å². The fraction of sp³-hybridized carbons (Fsp3) is 0.206. The highest BCUT2D eigenvalue weighted by molar-refractivity contribution is 5.98. The van der Waals surface area contributed by atoms with Gasteiger partial charge in [0.1, 0.15) is 23.4 Å².